The number of rotatable bonds is 7. The van der Waals surface area contributed by atoms with Gasteiger partial charge in [-0.3, -0.25) is 4.79 Å². The number of carbonyl (C=O) groups excluding carboxylic acids is 1. The van der Waals surface area contributed by atoms with E-state index >= 15 is 0 Å². The van der Waals surface area contributed by atoms with Gasteiger partial charge in [0.15, 0.2) is 6.61 Å². The molecule has 4 N–H and O–H groups in total. The lowest BCUT2D eigenvalue weighted by Crippen LogP contribution is -2.36. The van der Waals surface area contributed by atoms with Gasteiger partial charge in [0, 0.05) is 12.6 Å². The molecule has 0 spiro atoms. The number of amides is 1. The van der Waals surface area contributed by atoms with Crippen LogP contribution in [0.1, 0.15) is 19.8 Å². The predicted molar refractivity (Wildman–Crippen MR) is 70.3 cm³/mol. The Balaban J connectivity index is 2.31. The van der Waals surface area contributed by atoms with Crippen molar-refractivity contribution in [3.05, 3.63) is 24.3 Å². The minimum Gasteiger partial charge on any atom is -0.482 e. The first-order valence-corrected chi connectivity index (χ1v) is 6.01. The highest BCUT2D eigenvalue weighted by molar-refractivity contribution is 5.78. The third kappa shape index (κ3) is 5.05. The van der Waals surface area contributed by atoms with Crippen molar-refractivity contribution in [3.8, 4) is 5.75 Å². The van der Waals surface area contributed by atoms with Crippen LogP contribution in [0, 0.1) is 0 Å². The summed E-state index contributed by atoms with van der Waals surface area (Å²) in [6, 6.07) is 7.07. The average molecular weight is 252 g/mol. The fraction of sp³-hybridized carbons (Fsp3) is 0.462. The van der Waals surface area contributed by atoms with Crippen LogP contribution in [-0.2, 0) is 4.79 Å². The fourth-order valence-electron chi connectivity index (χ4n) is 1.54. The van der Waals surface area contributed by atoms with Crippen molar-refractivity contribution < 1.29 is 14.6 Å². The quantitative estimate of drug-likeness (QED) is 0.630. The summed E-state index contributed by atoms with van der Waals surface area (Å²) < 4.78 is 5.32. The molecule has 18 heavy (non-hydrogen) atoms. The molecule has 0 saturated heterocycles. The number of anilines is 1. The maximum atomic E-state index is 11.6. The third-order valence-corrected chi connectivity index (χ3v) is 2.48. The highest BCUT2D eigenvalue weighted by atomic mass is 16.5. The SMILES string of the molecule is CC(CCCO)NC(=O)COc1ccccc1N. The van der Waals surface area contributed by atoms with Gasteiger partial charge in [0.05, 0.1) is 5.69 Å². The van der Waals surface area contributed by atoms with Gasteiger partial charge in [0.2, 0.25) is 0 Å². The van der Waals surface area contributed by atoms with E-state index in [1.54, 1.807) is 24.3 Å². The van der Waals surface area contributed by atoms with Crippen LogP contribution in [0.2, 0.25) is 0 Å². The smallest absolute Gasteiger partial charge is 0.258 e. The standard InChI is InChI=1S/C13H20N2O3/c1-10(5-4-8-16)15-13(17)9-18-12-7-3-2-6-11(12)14/h2-3,6-7,10,16H,4-5,8-9,14H2,1H3,(H,15,17). The summed E-state index contributed by atoms with van der Waals surface area (Å²) >= 11 is 0. The molecule has 0 saturated carbocycles. The second-order valence-corrected chi connectivity index (χ2v) is 4.16. The van der Waals surface area contributed by atoms with Crippen molar-refractivity contribution in [2.24, 2.45) is 0 Å². The van der Waals surface area contributed by atoms with Crippen molar-refractivity contribution in [1.29, 1.82) is 0 Å². The number of nitrogen functional groups attached to an aromatic ring is 1. The Kier molecular flexibility index (Phi) is 6.00. The number of aliphatic hydroxyl groups excluding tert-OH is 1. The highest BCUT2D eigenvalue weighted by Crippen LogP contribution is 2.19. The van der Waals surface area contributed by atoms with Crippen LogP contribution in [-0.4, -0.2) is 30.3 Å². The van der Waals surface area contributed by atoms with Gasteiger partial charge in [-0.05, 0) is 31.9 Å². The summed E-state index contributed by atoms with van der Waals surface area (Å²) in [5.41, 5.74) is 6.20. The largest absolute Gasteiger partial charge is 0.482 e. The Hall–Kier alpha value is -1.75. The van der Waals surface area contributed by atoms with Crippen molar-refractivity contribution >= 4 is 11.6 Å². The summed E-state index contributed by atoms with van der Waals surface area (Å²) in [6.07, 6.45) is 1.42. The van der Waals surface area contributed by atoms with E-state index < -0.39 is 0 Å². The maximum absolute atomic E-state index is 11.6. The summed E-state index contributed by atoms with van der Waals surface area (Å²) in [5.74, 6) is 0.319. The van der Waals surface area contributed by atoms with Crippen molar-refractivity contribution in [3.63, 3.8) is 0 Å². The first-order valence-electron chi connectivity index (χ1n) is 6.01. The highest BCUT2D eigenvalue weighted by Gasteiger charge is 2.08. The third-order valence-electron chi connectivity index (χ3n) is 2.48. The van der Waals surface area contributed by atoms with Crippen LogP contribution >= 0.6 is 0 Å². The first kappa shape index (κ1) is 14.3. The van der Waals surface area contributed by atoms with Crippen molar-refractivity contribution in [2.75, 3.05) is 18.9 Å². The molecule has 0 bridgehead atoms. The van der Waals surface area contributed by atoms with Gasteiger partial charge in [-0.25, -0.2) is 0 Å². The van der Waals surface area contributed by atoms with Crippen LogP contribution in [0.4, 0.5) is 5.69 Å². The molecule has 1 aromatic carbocycles. The molecule has 0 radical (unpaired) electrons. The van der Waals surface area contributed by atoms with Gasteiger partial charge in [-0.1, -0.05) is 12.1 Å². The van der Waals surface area contributed by atoms with Gasteiger partial charge in [0.25, 0.3) is 5.91 Å². The molecule has 0 aromatic heterocycles. The second kappa shape index (κ2) is 7.55. The van der Waals surface area contributed by atoms with Crippen molar-refractivity contribution in [2.45, 2.75) is 25.8 Å². The van der Waals surface area contributed by atoms with Gasteiger partial charge in [0.1, 0.15) is 5.75 Å². The van der Waals surface area contributed by atoms with E-state index in [4.69, 9.17) is 15.6 Å². The molecule has 5 nitrogen and oxygen atoms in total. The minimum absolute atomic E-state index is 0.0290. The van der Waals surface area contributed by atoms with Crippen molar-refractivity contribution in [1.82, 2.24) is 5.32 Å². The van der Waals surface area contributed by atoms with E-state index in [9.17, 15) is 4.79 Å². The Bertz CT molecular complexity index is 382. The molecule has 0 aliphatic heterocycles. The zero-order chi connectivity index (χ0) is 13.4. The lowest BCUT2D eigenvalue weighted by atomic mass is 10.2. The lowest BCUT2D eigenvalue weighted by molar-refractivity contribution is -0.123. The molecule has 5 heteroatoms. The molecule has 1 atom stereocenters. The molecule has 0 aliphatic rings. The normalized spacial score (nSPS) is 11.9. The van der Waals surface area contributed by atoms with Gasteiger partial charge >= 0.3 is 0 Å². The molecule has 0 fully saturated rings. The molecule has 1 aromatic rings. The van der Waals surface area contributed by atoms with E-state index in [2.05, 4.69) is 5.32 Å². The van der Waals surface area contributed by atoms with Crippen LogP contribution in [0.3, 0.4) is 0 Å². The van der Waals surface area contributed by atoms with Crippen LogP contribution in [0.15, 0.2) is 24.3 Å². The molecule has 1 unspecified atom stereocenters. The van der Waals surface area contributed by atoms with Crippen LogP contribution in [0.25, 0.3) is 0 Å². The minimum atomic E-state index is -0.191. The number of benzene rings is 1. The van der Waals surface area contributed by atoms with E-state index in [-0.39, 0.29) is 25.2 Å². The number of aliphatic hydroxyl groups is 1. The van der Waals surface area contributed by atoms with E-state index in [1.165, 1.54) is 0 Å². The van der Waals surface area contributed by atoms with E-state index in [0.29, 0.717) is 17.9 Å². The Morgan fingerprint density at radius 1 is 1.50 bits per heavy atom. The molecule has 1 rings (SSSR count). The topological polar surface area (TPSA) is 84.6 Å². The number of nitrogens with one attached hydrogen (secondary N) is 1. The monoisotopic (exact) mass is 252 g/mol. The molecule has 1 amide bonds. The van der Waals surface area contributed by atoms with E-state index in [0.717, 1.165) is 6.42 Å². The van der Waals surface area contributed by atoms with Gasteiger partial charge in [-0.15, -0.1) is 0 Å². The first-order chi connectivity index (χ1) is 8.63. The predicted octanol–water partition coefficient (Wildman–Crippen LogP) is 0.925. The number of carbonyl (C=O) groups is 1. The Morgan fingerprint density at radius 2 is 2.22 bits per heavy atom. The Morgan fingerprint density at radius 3 is 2.89 bits per heavy atom. The number of ether oxygens (including phenoxy) is 1. The van der Waals surface area contributed by atoms with E-state index in [1.807, 2.05) is 6.92 Å². The fourth-order valence-corrected chi connectivity index (χ4v) is 1.54. The lowest BCUT2D eigenvalue weighted by Gasteiger charge is -2.14. The van der Waals surface area contributed by atoms with Gasteiger partial charge < -0.3 is 20.9 Å². The summed E-state index contributed by atoms with van der Waals surface area (Å²) in [7, 11) is 0. The number of para-hydroxylation sites is 2. The molecular weight excluding hydrogens is 232 g/mol. The molecule has 100 valence electrons. The van der Waals surface area contributed by atoms with Crippen LogP contribution < -0.4 is 15.8 Å². The zero-order valence-corrected chi connectivity index (χ0v) is 10.6. The molecule has 0 heterocycles. The zero-order valence-electron chi connectivity index (χ0n) is 10.6. The Labute approximate surface area is 107 Å². The van der Waals surface area contributed by atoms with Gasteiger partial charge in [-0.2, -0.15) is 0 Å². The second-order valence-electron chi connectivity index (χ2n) is 4.16. The molecule has 0 aliphatic carbocycles. The average Bonchev–Trinajstić information content (AvgIpc) is 2.35. The maximum Gasteiger partial charge on any atom is 0.258 e. The summed E-state index contributed by atoms with van der Waals surface area (Å²) in [4.78, 5) is 11.6. The van der Waals surface area contributed by atoms with Crippen LogP contribution in [0.5, 0.6) is 5.75 Å². The number of hydrogen-bond donors (Lipinski definition) is 3. The number of hydrogen-bond acceptors (Lipinski definition) is 4. The molecular formula is C13H20N2O3. The number of nitrogens with two attached hydrogens (primary N) is 1. The summed E-state index contributed by atoms with van der Waals surface area (Å²) in [6.45, 7) is 1.97. The summed E-state index contributed by atoms with van der Waals surface area (Å²) in [5, 5.41) is 11.5.